The van der Waals surface area contributed by atoms with Gasteiger partial charge in [0.15, 0.2) is 11.5 Å². The van der Waals surface area contributed by atoms with Crippen molar-refractivity contribution in [1.82, 2.24) is 15.1 Å². The number of amides is 2. The number of benzene rings is 2. The summed E-state index contributed by atoms with van der Waals surface area (Å²) in [5.74, 6) is 0.0219. The monoisotopic (exact) mass is 516 g/mol. The first-order valence-electron chi connectivity index (χ1n) is 11.3. The SMILES string of the molecule is CCC(C)N(CCC(=O)Nc1nnc(-c2cc(OC)c(OC)c(OC)c2)s1)C(=O)c1ccccc1F. The van der Waals surface area contributed by atoms with Crippen molar-refractivity contribution >= 4 is 28.3 Å². The predicted molar refractivity (Wildman–Crippen MR) is 135 cm³/mol. The van der Waals surface area contributed by atoms with Crippen molar-refractivity contribution in [3.63, 3.8) is 0 Å². The molecule has 2 amide bonds. The molecule has 2 aromatic carbocycles. The molecular weight excluding hydrogens is 487 g/mol. The molecule has 192 valence electrons. The van der Waals surface area contributed by atoms with Gasteiger partial charge < -0.3 is 24.4 Å². The summed E-state index contributed by atoms with van der Waals surface area (Å²) in [4.78, 5) is 27.1. The zero-order valence-corrected chi connectivity index (χ0v) is 21.6. The Morgan fingerprint density at radius 2 is 1.75 bits per heavy atom. The van der Waals surface area contributed by atoms with E-state index in [2.05, 4.69) is 15.5 Å². The van der Waals surface area contributed by atoms with Crippen LogP contribution in [0, 0.1) is 5.82 Å². The fourth-order valence-electron chi connectivity index (χ4n) is 3.53. The minimum absolute atomic E-state index is 0.0164. The highest BCUT2D eigenvalue weighted by Crippen LogP contribution is 2.42. The van der Waals surface area contributed by atoms with E-state index in [1.807, 2.05) is 13.8 Å². The molecule has 3 aromatic rings. The smallest absolute Gasteiger partial charge is 0.257 e. The molecule has 1 unspecified atom stereocenters. The molecule has 1 heterocycles. The Kier molecular flexibility index (Phi) is 9.18. The minimum Gasteiger partial charge on any atom is -0.493 e. The Labute approximate surface area is 213 Å². The molecule has 0 aliphatic heterocycles. The Bertz CT molecular complexity index is 1190. The topological polar surface area (TPSA) is 103 Å². The minimum atomic E-state index is -0.589. The van der Waals surface area contributed by atoms with Crippen molar-refractivity contribution in [1.29, 1.82) is 0 Å². The van der Waals surface area contributed by atoms with Crippen molar-refractivity contribution in [2.45, 2.75) is 32.7 Å². The molecule has 0 saturated carbocycles. The van der Waals surface area contributed by atoms with Gasteiger partial charge in [0.25, 0.3) is 5.91 Å². The lowest BCUT2D eigenvalue weighted by molar-refractivity contribution is -0.116. The van der Waals surface area contributed by atoms with Crippen molar-refractivity contribution in [3.8, 4) is 27.8 Å². The number of aromatic nitrogens is 2. The summed E-state index contributed by atoms with van der Waals surface area (Å²) >= 11 is 1.18. The van der Waals surface area contributed by atoms with Gasteiger partial charge in [-0.15, -0.1) is 10.2 Å². The van der Waals surface area contributed by atoms with Gasteiger partial charge in [-0.3, -0.25) is 9.59 Å². The molecule has 0 saturated heterocycles. The largest absolute Gasteiger partial charge is 0.493 e. The lowest BCUT2D eigenvalue weighted by Crippen LogP contribution is -2.40. The number of halogens is 1. The Morgan fingerprint density at radius 1 is 1.08 bits per heavy atom. The summed E-state index contributed by atoms with van der Waals surface area (Å²) in [6.45, 7) is 3.93. The molecule has 1 atom stereocenters. The van der Waals surface area contributed by atoms with E-state index in [1.165, 1.54) is 55.8 Å². The number of nitrogens with zero attached hydrogens (tertiary/aromatic N) is 3. The van der Waals surface area contributed by atoms with E-state index >= 15 is 0 Å². The van der Waals surface area contributed by atoms with Gasteiger partial charge >= 0.3 is 0 Å². The van der Waals surface area contributed by atoms with Crippen LogP contribution >= 0.6 is 11.3 Å². The van der Waals surface area contributed by atoms with E-state index < -0.39 is 11.7 Å². The summed E-state index contributed by atoms with van der Waals surface area (Å²) in [6, 6.07) is 9.14. The fraction of sp³-hybridized carbons (Fsp3) is 0.360. The standard InChI is InChI=1S/C25H29FN4O5S/c1-6-15(2)30(24(32)17-9-7-8-10-18(17)26)12-11-21(31)27-25-29-28-23(36-25)16-13-19(33-3)22(35-5)20(14-16)34-4/h7-10,13-15H,6,11-12H2,1-5H3,(H,27,29,31). The molecule has 0 aliphatic carbocycles. The zero-order valence-electron chi connectivity index (χ0n) is 20.8. The van der Waals surface area contributed by atoms with Crippen LogP contribution in [-0.4, -0.2) is 60.8 Å². The highest BCUT2D eigenvalue weighted by Gasteiger charge is 2.24. The van der Waals surface area contributed by atoms with Gasteiger partial charge in [0.2, 0.25) is 16.8 Å². The van der Waals surface area contributed by atoms with E-state index in [0.717, 1.165) is 0 Å². The van der Waals surface area contributed by atoms with Crippen LogP contribution in [0.4, 0.5) is 9.52 Å². The third kappa shape index (κ3) is 6.09. The van der Waals surface area contributed by atoms with Gasteiger partial charge in [-0.05, 0) is 37.6 Å². The molecule has 0 bridgehead atoms. The molecule has 0 fully saturated rings. The number of carbonyl (C=O) groups excluding carboxylic acids is 2. The summed E-state index contributed by atoms with van der Waals surface area (Å²) in [7, 11) is 4.56. The number of nitrogens with one attached hydrogen (secondary N) is 1. The molecule has 3 rings (SSSR count). The highest BCUT2D eigenvalue weighted by atomic mass is 32.1. The van der Waals surface area contributed by atoms with Gasteiger partial charge in [-0.2, -0.15) is 0 Å². The van der Waals surface area contributed by atoms with Crippen molar-refractivity contribution < 1.29 is 28.2 Å². The molecule has 0 radical (unpaired) electrons. The zero-order chi connectivity index (χ0) is 26.2. The van der Waals surface area contributed by atoms with Crippen molar-refractivity contribution in [3.05, 3.63) is 47.8 Å². The molecule has 0 spiro atoms. The summed E-state index contributed by atoms with van der Waals surface area (Å²) < 4.78 is 30.3. The van der Waals surface area contributed by atoms with Crippen LogP contribution in [0.2, 0.25) is 0 Å². The van der Waals surface area contributed by atoms with Gasteiger partial charge in [-0.25, -0.2) is 4.39 Å². The number of carbonyl (C=O) groups is 2. The second-order valence-electron chi connectivity index (χ2n) is 7.86. The van der Waals surface area contributed by atoms with Crippen molar-refractivity contribution in [2.24, 2.45) is 0 Å². The fourth-order valence-corrected chi connectivity index (χ4v) is 4.28. The Morgan fingerprint density at radius 3 is 2.33 bits per heavy atom. The van der Waals surface area contributed by atoms with Gasteiger partial charge in [0, 0.05) is 24.6 Å². The number of methoxy groups -OCH3 is 3. The van der Waals surface area contributed by atoms with Crippen LogP contribution in [-0.2, 0) is 4.79 Å². The lowest BCUT2D eigenvalue weighted by atomic mass is 10.1. The maximum atomic E-state index is 14.2. The van der Waals surface area contributed by atoms with E-state index in [9.17, 15) is 14.0 Å². The Hall–Kier alpha value is -3.73. The predicted octanol–water partition coefficient (Wildman–Crippen LogP) is 4.64. The number of ether oxygens (including phenoxy) is 3. The molecule has 1 N–H and O–H groups in total. The van der Waals surface area contributed by atoms with Crippen LogP contribution in [0.3, 0.4) is 0 Å². The van der Waals surface area contributed by atoms with E-state index in [-0.39, 0.29) is 30.5 Å². The maximum absolute atomic E-state index is 14.2. The number of hydrogen-bond acceptors (Lipinski definition) is 8. The highest BCUT2D eigenvalue weighted by molar-refractivity contribution is 7.18. The van der Waals surface area contributed by atoms with Crippen LogP contribution in [0.1, 0.15) is 37.0 Å². The van der Waals surface area contributed by atoms with Crippen LogP contribution in [0.15, 0.2) is 36.4 Å². The number of rotatable bonds is 11. The maximum Gasteiger partial charge on any atom is 0.257 e. The first-order valence-corrected chi connectivity index (χ1v) is 12.1. The van der Waals surface area contributed by atoms with E-state index in [0.29, 0.717) is 39.4 Å². The number of anilines is 1. The third-order valence-electron chi connectivity index (χ3n) is 5.65. The normalized spacial score (nSPS) is 11.5. The van der Waals surface area contributed by atoms with Crippen LogP contribution in [0.5, 0.6) is 17.2 Å². The quantitative estimate of drug-likeness (QED) is 0.396. The molecular formula is C25H29FN4O5S. The van der Waals surface area contributed by atoms with Gasteiger partial charge in [-0.1, -0.05) is 30.4 Å². The second-order valence-corrected chi connectivity index (χ2v) is 8.84. The first-order chi connectivity index (χ1) is 17.3. The van der Waals surface area contributed by atoms with Gasteiger partial charge in [0.1, 0.15) is 10.8 Å². The van der Waals surface area contributed by atoms with E-state index in [4.69, 9.17) is 14.2 Å². The summed E-state index contributed by atoms with van der Waals surface area (Å²) in [6.07, 6.45) is 0.681. The van der Waals surface area contributed by atoms with Gasteiger partial charge in [0.05, 0.1) is 26.9 Å². The average Bonchev–Trinajstić information content (AvgIpc) is 3.35. The molecule has 1 aromatic heterocycles. The van der Waals surface area contributed by atoms with Crippen LogP contribution < -0.4 is 19.5 Å². The average molecular weight is 517 g/mol. The lowest BCUT2D eigenvalue weighted by Gasteiger charge is -2.28. The third-order valence-corrected chi connectivity index (χ3v) is 6.54. The molecule has 36 heavy (non-hydrogen) atoms. The molecule has 11 heteroatoms. The van der Waals surface area contributed by atoms with Crippen LogP contribution in [0.25, 0.3) is 10.6 Å². The molecule has 0 aliphatic rings. The summed E-state index contributed by atoms with van der Waals surface area (Å²) in [5.41, 5.74) is 0.665. The Balaban J connectivity index is 1.70. The molecule has 9 nitrogen and oxygen atoms in total. The summed E-state index contributed by atoms with van der Waals surface area (Å²) in [5, 5.41) is 11.8. The first kappa shape index (κ1) is 26.9. The number of hydrogen-bond donors (Lipinski definition) is 1. The van der Waals surface area contributed by atoms with E-state index in [1.54, 1.807) is 18.2 Å². The van der Waals surface area contributed by atoms with Crippen molar-refractivity contribution in [2.75, 3.05) is 33.2 Å². The second kappa shape index (κ2) is 12.3.